The predicted molar refractivity (Wildman–Crippen MR) is 89.1 cm³/mol. The molecule has 0 aliphatic carbocycles. The highest BCUT2D eigenvalue weighted by Crippen LogP contribution is 2.28. The molecule has 1 aliphatic rings. The number of carbonyl (C=O) groups is 1. The van der Waals surface area contributed by atoms with Crippen molar-refractivity contribution in [3.05, 3.63) is 11.6 Å². The maximum Gasteiger partial charge on any atom is 0.225 e. The molecule has 1 aliphatic heterocycles. The third-order valence-electron chi connectivity index (χ3n) is 4.74. The van der Waals surface area contributed by atoms with Gasteiger partial charge >= 0.3 is 0 Å². The van der Waals surface area contributed by atoms with Crippen molar-refractivity contribution in [3.8, 4) is 0 Å². The van der Waals surface area contributed by atoms with Crippen LogP contribution in [-0.2, 0) is 4.79 Å². The lowest BCUT2D eigenvalue weighted by molar-refractivity contribution is -0.138. The average molecular weight is 322 g/mol. The molecule has 6 heteroatoms. The molecule has 1 fully saturated rings. The second-order valence-electron chi connectivity index (χ2n) is 6.84. The standard InChI is InChI=1S/C17H30N4O2/c1-4-8-17(23,9-5-2)12-15(22)21-10-6-14(7-11-21)16-18-13(3)19-20-16/h14,23H,4-12H2,1-3H3,(H,18,19,20). The van der Waals surface area contributed by atoms with E-state index in [4.69, 9.17) is 0 Å². The number of aromatic amines is 1. The fraction of sp³-hybridized carbons (Fsp3) is 0.824. The number of aryl methyl sites for hydroxylation is 1. The summed E-state index contributed by atoms with van der Waals surface area (Å²) in [6.45, 7) is 7.46. The van der Waals surface area contributed by atoms with Crippen molar-refractivity contribution in [2.75, 3.05) is 13.1 Å². The number of aromatic nitrogens is 3. The van der Waals surface area contributed by atoms with E-state index in [0.29, 0.717) is 18.8 Å². The Balaban J connectivity index is 1.87. The SMILES string of the molecule is CCCC(O)(CCC)CC(=O)N1CCC(c2n[nH]c(C)n2)CC1. The minimum absolute atomic E-state index is 0.0824. The molecule has 6 nitrogen and oxygen atoms in total. The number of carbonyl (C=O) groups excluding carboxylic acids is 1. The molecule has 0 saturated carbocycles. The number of H-pyrrole nitrogens is 1. The molecule has 130 valence electrons. The summed E-state index contributed by atoms with van der Waals surface area (Å²) >= 11 is 0. The molecule has 2 rings (SSSR count). The second-order valence-corrected chi connectivity index (χ2v) is 6.84. The molecule has 23 heavy (non-hydrogen) atoms. The summed E-state index contributed by atoms with van der Waals surface area (Å²) in [5, 5.41) is 17.8. The van der Waals surface area contributed by atoms with Crippen molar-refractivity contribution in [2.45, 2.75) is 77.2 Å². The first-order chi connectivity index (χ1) is 11.0. The first-order valence-electron chi connectivity index (χ1n) is 8.86. The van der Waals surface area contributed by atoms with E-state index < -0.39 is 5.60 Å². The second kappa shape index (κ2) is 7.90. The van der Waals surface area contributed by atoms with Gasteiger partial charge in [-0.2, -0.15) is 5.10 Å². The van der Waals surface area contributed by atoms with Crippen LogP contribution in [0.1, 0.15) is 76.4 Å². The summed E-state index contributed by atoms with van der Waals surface area (Å²) in [6.07, 6.45) is 5.22. The topological polar surface area (TPSA) is 82.1 Å². The van der Waals surface area contributed by atoms with Gasteiger partial charge in [-0.05, 0) is 32.6 Å². The summed E-state index contributed by atoms with van der Waals surface area (Å²) < 4.78 is 0. The normalized spacial score (nSPS) is 16.8. The van der Waals surface area contributed by atoms with E-state index in [0.717, 1.165) is 50.4 Å². The third kappa shape index (κ3) is 4.77. The Bertz CT molecular complexity index is 500. The van der Waals surface area contributed by atoms with Crippen molar-refractivity contribution in [1.82, 2.24) is 20.1 Å². The third-order valence-corrected chi connectivity index (χ3v) is 4.74. The lowest BCUT2D eigenvalue weighted by Crippen LogP contribution is -2.43. The monoisotopic (exact) mass is 322 g/mol. The van der Waals surface area contributed by atoms with Crippen LogP contribution < -0.4 is 0 Å². The first kappa shape index (κ1) is 17.9. The van der Waals surface area contributed by atoms with Crippen LogP contribution in [0.2, 0.25) is 0 Å². The fourth-order valence-electron chi connectivity index (χ4n) is 3.56. The van der Waals surface area contributed by atoms with Gasteiger partial charge in [0.15, 0.2) is 5.82 Å². The van der Waals surface area contributed by atoms with Gasteiger partial charge in [0.2, 0.25) is 5.91 Å². The van der Waals surface area contributed by atoms with E-state index in [1.54, 1.807) is 0 Å². The van der Waals surface area contributed by atoms with Gasteiger partial charge in [-0.15, -0.1) is 0 Å². The van der Waals surface area contributed by atoms with Crippen molar-refractivity contribution in [1.29, 1.82) is 0 Å². The lowest BCUT2D eigenvalue weighted by atomic mass is 9.88. The largest absolute Gasteiger partial charge is 0.389 e. The van der Waals surface area contributed by atoms with Crippen LogP contribution in [0.15, 0.2) is 0 Å². The van der Waals surface area contributed by atoms with Crippen LogP contribution in [0.3, 0.4) is 0 Å². The van der Waals surface area contributed by atoms with E-state index in [9.17, 15) is 9.90 Å². The van der Waals surface area contributed by atoms with Crippen LogP contribution >= 0.6 is 0 Å². The number of aliphatic hydroxyl groups is 1. The highest BCUT2D eigenvalue weighted by atomic mass is 16.3. The van der Waals surface area contributed by atoms with Crippen molar-refractivity contribution < 1.29 is 9.90 Å². The van der Waals surface area contributed by atoms with Crippen LogP contribution in [0, 0.1) is 6.92 Å². The van der Waals surface area contributed by atoms with Crippen molar-refractivity contribution in [2.24, 2.45) is 0 Å². The van der Waals surface area contributed by atoms with E-state index in [1.807, 2.05) is 11.8 Å². The molecule has 0 unspecified atom stereocenters. The minimum atomic E-state index is -0.835. The molecule has 0 spiro atoms. The summed E-state index contributed by atoms with van der Waals surface area (Å²) in [5.74, 6) is 2.11. The van der Waals surface area contributed by atoms with Gasteiger partial charge < -0.3 is 10.0 Å². The maximum atomic E-state index is 12.5. The molecule has 1 amide bonds. The van der Waals surface area contributed by atoms with Gasteiger partial charge in [0.05, 0.1) is 12.0 Å². The van der Waals surface area contributed by atoms with Gasteiger partial charge in [0, 0.05) is 19.0 Å². The zero-order chi connectivity index (χ0) is 16.9. The number of piperidine rings is 1. The zero-order valence-corrected chi connectivity index (χ0v) is 14.6. The summed E-state index contributed by atoms with van der Waals surface area (Å²) in [7, 11) is 0. The van der Waals surface area contributed by atoms with Crippen molar-refractivity contribution in [3.63, 3.8) is 0 Å². The Labute approximate surface area is 138 Å². The van der Waals surface area contributed by atoms with E-state index >= 15 is 0 Å². The van der Waals surface area contributed by atoms with Gasteiger partial charge in [0.25, 0.3) is 0 Å². The van der Waals surface area contributed by atoms with Gasteiger partial charge in [-0.3, -0.25) is 9.89 Å². The smallest absolute Gasteiger partial charge is 0.225 e. The quantitative estimate of drug-likeness (QED) is 0.808. The first-order valence-corrected chi connectivity index (χ1v) is 8.86. The van der Waals surface area contributed by atoms with Gasteiger partial charge in [-0.25, -0.2) is 4.98 Å². The van der Waals surface area contributed by atoms with Crippen LogP contribution in [-0.4, -0.2) is 49.8 Å². The number of nitrogens with zero attached hydrogens (tertiary/aromatic N) is 3. The Morgan fingerprint density at radius 3 is 2.39 bits per heavy atom. The molecule has 0 aromatic carbocycles. The number of nitrogens with one attached hydrogen (secondary N) is 1. The summed E-state index contributed by atoms with van der Waals surface area (Å²) in [5.41, 5.74) is -0.835. The molecule has 0 radical (unpaired) electrons. The summed E-state index contributed by atoms with van der Waals surface area (Å²) in [4.78, 5) is 18.8. The van der Waals surface area contributed by atoms with Gasteiger partial charge in [-0.1, -0.05) is 26.7 Å². The average Bonchev–Trinajstić information content (AvgIpc) is 2.94. The molecule has 1 aromatic rings. The molecule has 0 bridgehead atoms. The molecule has 0 atom stereocenters. The van der Waals surface area contributed by atoms with Crippen LogP contribution in [0.4, 0.5) is 0 Å². The van der Waals surface area contributed by atoms with E-state index in [1.165, 1.54) is 0 Å². The molecule has 1 aromatic heterocycles. The Kier molecular flexibility index (Phi) is 6.16. The van der Waals surface area contributed by atoms with Crippen LogP contribution in [0.5, 0.6) is 0 Å². The number of hydrogen-bond acceptors (Lipinski definition) is 4. The Morgan fingerprint density at radius 1 is 1.30 bits per heavy atom. The number of rotatable bonds is 7. The molecular formula is C17H30N4O2. The number of amides is 1. The molecule has 2 N–H and O–H groups in total. The van der Waals surface area contributed by atoms with E-state index in [2.05, 4.69) is 29.0 Å². The number of hydrogen-bond donors (Lipinski definition) is 2. The predicted octanol–water partition coefficient (Wildman–Crippen LogP) is 2.54. The highest BCUT2D eigenvalue weighted by molar-refractivity contribution is 5.77. The fourth-order valence-corrected chi connectivity index (χ4v) is 3.56. The lowest BCUT2D eigenvalue weighted by Gasteiger charge is -2.34. The summed E-state index contributed by atoms with van der Waals surface area (Å²) in [6, 6.07) is 0. The molecule has 2 heterocycles. The Morgan fingerprint density at radius 2 is 1.91 bits per heavy atom. The van der Waals surface area contributed by atoms with Crippen molar-refractivity contribution >= 4 is 5.91 Å². The molecule has 1 saturated heterocycles. The number of likely N-dealkylation sites (tertiary alicyclic amines) is 1. The Hall–Kier alpha value is -1.43. The van der Waals surface area contributed by atoms with E-state index in [-0.39, 0.29) is 12.3 Å². The zero-order valence-electron chi connectivity index (χ0n) is 14.6. The van der Waals surface area contributed by atoms with Crippen LogP contribution in [0.25, 0.3) is 0 Å². The maximum absolute atomic E-state index is 12.5. The molecular weight excluding hydrogens is 292 g/mol. The minimum Gasteiger partial charge on any atom is -0.389 e. The highest BCUT2D eigenvalue weighted by Gasteiger charge is 2.32. The van der Waals surface area contributed by atoms with Gasteiger partial charge in [0.1, 0.15) is 5.82 Å².